The average Bonchev–Trinajstić information content (AvgIpc) is 3.49. The van der Waals surface area contributed by atoms with Gasteiger partial charge in [0.15, 0.2) is 0 Å². The van der Waals surface area contributed by atoms with E-state index in [1.54, 1.807) is 0 Å². The van der Waals surface area contributed by atoms with E-state index in [9.17, 15) is 32.8 Å². The van der Waals surface area contributed by atoms with Crippen LogP contribution in [0.3, 0.4) is 0 Å². The van der Waals surface area contributed by atoms with Crippen molar-refractivity contribution < 1.29 is 27.6 Å². The predicted molar refractivity (Wildman–Crippen MR) is 107 cm³/mol. The van der Waals surface area contributed by atoms with E-state index in [2.05, 4.69) is 15.6 Å². The molecule has 2 saturated carbocycles. The van der Waals surface area contributed by atoms with Crippen molar-refractivity contribution in [2.24, 2.45) is 11.3 Å². The lowest BCUT2D eigenvalue weighted by atomic mass is 9.95. The van der Waals surface area contributed by atoms with Gasteiger partial charge >= 0.3 is 6.18 Å². The van der Waals surface area contributed by atoms with Crippen molar-refractivity contribution in [2.45, 2.75) is 68.7 Å². The lowest BCUT2D eigenvalue weighted by Crippen LogP contribution is -2.49. The maximum atomic E-state index is 13.1. The van der Waals surface area contributed by atoms with Crippen LogP contribution in [0.4, 0.5) is 13.2 Å². The van der Waals surface area contributed by atoms with E-state index in [0.29, 0.717) is 12.8 Å². The fourth-order valence-electron chi connectivity index (χ4n) is 5.23. The zero-order chi connectivity index (χ0) is 23.6. The second-order valence-electron chi connectivity index (χ2n) is 10.0. The van der Waals surface area contributed by atoms with Crippen LogP contribution >= 0.6 is 0 Å². The van der Waals surface area contributed by atoms with Crippen molar-refractivity contribution in [1.29, 1.82) is 5.26 Å². The van der Waals surface area contributed by atoms with Crippen molar-refractivity contribution in [1.82, 2.24) is 20.5 Å². The normalized spacial score (nSPS) is 27.3. The van der Waals surface area contributed by atoms with Crippen LogP contribution in [-0.2, 0) is 15.8 Å². The molecule has 0 radical (unpaired) electrons. The standard InChI is InChI=1S/C22H24F3N5O3/c23-22(24,25)16-2-1-14(28-16)19(33)30-11-20(3-4-20)9-15(30)18(32)27-13(10-26)7-12-8-21(5-6-21)29-17(12)31/h1-2,12-13,15,28H,3-9,11H2,(H,27,32)(H,29,31). The molecule has 33 heavy (non-hydrogen) atoms. The second kappa shape index (κ2) is 7.23. The molecule has 3 amide bonds. The number of likely N-dealkylation sites (tertiary alicyclic amines) is 1. The molecule has 0 aromatic carbocycles. The third kappa shape index (κ3) is 4.07. The summed E-state index contributed by atoms with van der Waals surface area (Å²) in [5.41, 5.74) is -1.58. The quantitative estimate of drug-likeness (QED) is 0.620. The van der Waals surface area contributed by atoms with Crippen molar-refractivity contribution in [3.8, 4) is 6.07 Å². The van der Waals surface area contributed by atoms with E-state index in [4.69, 9.17) is 0 Å². The van der Waals surface area contributed by atoms with Crippen molar-refractivity contribution in [3.63, 3.8) is 0 Å². The van der Waals surface area contributed by atoms with Gasteiger partial charge in [-0.1, -0.05) is 0 Å². The lowest BCUT2D eigenvalue weighted by Gasteiger charge is -2.25. The number of amides is 3. The molecule has 1 aromatic heterocycles. The number of carbonyl (C=O) groups is 3. The molecule has 8 nitrogen and oxygen atoms in total. The Morgan fingerprint density at radius 3 is 2.52 bits per heavy atom. The van der Waals surface area contributed by atoms with Crippen molar-refractivity contribution in [3.05, 3.63) is 23.5 Å². The fraction of sp³-hybridized carbons (Fsp3) is 0.636. The maximum absolute atomic E-state index is 13.1. The van der Waals surface area contributed by atoms with E-state index in [0.717, 1.165) is 37.8 Å². The summed E-state index contributed by atoms with van der Waals surface area (Å²) >= 11 is 0. The van der Waals surface area contributed by atoms with Gasteiger partial charge in [-0.25, -0.2) is 0 Å². The Labute approximate surface area is 187 Å². The summed E-state index contributed by atoms with van der Waals surface area (Å²) in [5.74, 6) is -1.65. The van der Waals surface area contributed by atoms with E-state index in [1.165, 1.54) is 4.90 Å². The number of nitrogens with zero attached hydrogens (tertiary/aromatic N) is 2. The molecule has 2 aliphatic heterocycles. The van der Waals surface area contributed by atoms with E-state index < -0.39 is 35.8 Å². The highest BCUT2D eigenvalue weighted by Crippen LogP contribution is 2.55. The van der Waals surface area contributed by atoms with Gasteiger partial charge in [0.05, 0.1) is 6.07 Å². The first kappa shape index (κ1) is 21.8. The molecule has 3 atom stereocenters. The van der Waals surface area contributed by atoms with Gasteiger partial charge in [0.25, 0.3) is 5.91 Å². The molecule has 3 N–H and O–H groups in total. The first-order valence-corrected chi connectivity index (χ1v) is 11.1. The first-order valence-electron chi connectivity index (χ1n) is 11.1. The molecule has 4 aliphatic rings. The molecule has 3 heterocycles. The van der Waals surface area contributed by atoms with Gasteiger partial charge in [-0.05, 0) is 62.5 Å². The Kier molecular flexibility index (Phi) is 4.78. The number of hydrogen-bond acceptors (Lipinski definition) is 4. The van der Waals surface area contributed by atoms with Crippen molar-refractivity contribution in [2.75, 3.05) is 6.54 Å². The smallest absolute Gasteiger partial charge is 0.350 e. The van der Waals surface area contributed by atoms with Crippen LogP contribution in [0.5, 0.6) is 0 Å². The summed E-state index contributed by atoms with van der Waals surface area (Å²) in [6.45, 7) is 0.287. The molecular formula is C22H24F3N5O3. The molecular weight excluding hydrogens is 439 g/mol. The van der Waals surface area contributed by atoms with Crippen LogP contribution < -0.4 is 10.6 Å². The van der Waals surface area contributed by atoms with Crippen LogP contribution in [0, 0.1) is 22.7 Å². The predicted octanol–water partition coefficient (Wildman–Crippen LogP) is 2.10. The maximum Gasteiger partial charge on any atom is 0.431 e. The van der Waals surface area contributed by atoms with E-state index >= 15 is 0 Å². The summed E-state index contributed by atoms with van der Waals surface area (Å²) in [5, 5.41) is 15.2. The molecule has 176 valence electrons. The molecule has 5 rings (SSSR count). The first-order chi connectivity index (χ1) is 15.5. The number of nitrogens with one attached hydrogen (secondary N) is 3. The number of aromatic nitrogens is 1. The number of alkyl halides is 3. The van der Waals surface area contributed by atoms with Crippen molar-refractivity contribution >= 4 is 17.7 Å². The molecule has 0 bridgehead atoms. The van der Waals surface area contributed by atoms with Gasteiger partial charge in [0.2, 0.25) is 11.8 Å². The monoisotopic (exact) mass is 463 g/mol. The molecule has 11 heteroatoms. The van der Waals surface area contributed by atoms with Crippen LogP contribution in [0.1, 0.15) is 61.1 Å². The molecule has 2 saturated heterocycles. The number of H-pyrrole nitrogens is 1. The summed E-state index contributed by atoms with van der Waals surface area (Å²) in [6, 6.07) is 2.15. The SMILES string of the molecule is N#CC(CC1CC2(CC2)NC1=O)NC(=O)C1CC2(CC2)CN1C(=O)c1ccc(C(F)(F)F)[nH]1. The van der Waals surface area contributed by atoms with Gasteiger partial charge in [-0.3, -0.25) is 14.4 Å². The minimum atomic E-state index is -4.61. The summed E-state index contributed by atoms with van der Waals surface area (Å²) < 4.78 is 38.8. The number of nitriles is 1. The minimum absolute atomic E-state index is 0.108. The topological polar surface area (TPSA) is 118 Å². The number of rotatable bonds is 5. The van der Waals surface area contributed by atoms with Gasteiger partial charge in [0.1, 0.15) is 23.5 Å². The Balaban J connectivity index is 1.27. The largest absolute Gasteiger partial charge is 0.431 e. The second-order valence-corrected chi connectivity index (χ2v) is 10.0. The third-order valence-electron chi connectivity index (χ3n) is 7.49. The highest BCUT2D eigenvalue weighted by molar-refractivity contribution is 5.97. The molecule has 3 unspecified atom stereocenters. The van der Waals surface area contributed by atoms with E-state index in [1.807, 2.05) is 6.07 Å². The van der Waals surface area contributed by atoms with Crippen LogP contribution in [-0.4, -0.2) is 51.8 Å². The number of carbonyl (C=O) groups excluding carboxylic acids is 3. The molecule has 1 aromatic rings. The zero-order valence-electron chi connectivity index (χ0n) is 17.8. The molecule has 2 aliphatic carbocycles. The van der Waals surface area contributed by atoms with Crippen LogP contribution in [0.25, 0.3) is 0 Å². The van der Waals surface area contributed by atoms with Gasteiger partial charge in [-0.15, -0.1) is 0 Å². The Morgan fingerprint density at radius 1 is 1.24 bits per heavy atom. The average molecular weight is 463 g/mol. The summed E-state index contributed by atoms with van der Waals surface area (Å²) in [4.78, 5) is 41.7. The highest BCUT2D eigenvalue weighted by atomic mass is 19.4. The Bertz CT molecular complexity index is 1050. The number of halogens is 3. The van der Waals surface area contributed by atoms with Gasteiger partial charge in [0, 0.05) is 18.0 Å². The van der Waals surface area contributed by atoms with Gasteiger partial charge < -0.3 is 20.5 Å². The number of hydrogen-bond donors (Lipinski definition) is 3. The van der Waals surface area contributed by atoms with Crippen LogP contribution in [0.15, 0.2) is 12.1 Å². The Hall–Kier alpha value is -3.03. The summed E-state index contributed by atoms with van der Waals surface area (Å²) in [6.07, 6.45) is 0.157. The fourth-order valence-corrected chi connectivity index (χ4v) is 5.23. The minimum Gasteiger partial charge on any atom is -0.350 e. The Morgan fingerprint density at radius 2 is 1.97 bits per heavy atom. The van der Waals surface area contributed by atoms with Gasteiger partial charge in [-0.2, -0.15) is 18.4 Å². The third-order valence-corrected chi connectivity index (χ3v) is 7.49. The molecule has 4 fully saturated rings. The zero-order valence-corrected chi connectivity index (χ0v) is 17.8. The van der Waals surface area contributed by atoms with Crippen LogP contribution in [0.2, 0.25) is 0 Å². The summed E-state index contributed by atoms with van der Waals surface area (Å²) in [7, 11) is 0. The molecule has 2 spiro atoms. The number of aromatic amines is 1. The van der Waals surface area contributed by atoms with E-state index in [-0.39, 0.29) is 41.4 Å². The lowest BCUT2D eigenvalue weighted by molar-refractivity contribution is -0.140. The highest BCUT2D eigenvalue weighted by Gasteiger charge is 2.56.